The van der Waals surface area contributed by atoms with Crippen molar-refractivity contribution in [3.05, 3.63) is 47.0 Å². The van der Waals surface area contributed by atoms with Gasteiger partial charge in [-0.25, -0.2) is 8.42 Å². The van der Waals surface area contributed by atoms with Crippen molar-refractivity contribution in [1.29, 1.82) is 0 Å². The summed E-state index contributed by atoms with van der Waals surface area (Å²) in [5.74, 6) is 0.424. The van der Waals surface area contributed by atoms with Gasteiger partial charge in [-0.15, -0.1) is 0 Å². The average Bonchev–Trinajstić information content (AvgIpc) is 3.53. The second kappa shape index (κ2) is 7.36. The normalized spacial score (nSPS) is 28.4. The summed E-state index contributed by atoms with van der Waals surface area (Å²) in [4.78, 5) is 15.4. The van der Waals surface area contributed by atoms with Crippen LogP contribution in [0, 0.1) is 11.8 Å². The largest absolute Gasteiger partial charge is 0.371 e. The van der Waals surface area contributed by atoms with E-state index < -0.39 is 10.0 Å². The summed E-state index contributed by atoms with van der Waals surface area (Å²) in [6, 6.07) is 9.43. The third-order valence-electron chi connectivity index (χ3n) is 7.25. The van der Waals surface area contributed by atoms with Crippen molar-refractivity contribution in [2.75, 3.05) is 17.8 Å². The number of nitrogens with one attached hydrogen (secondary N) is 1. The Morgan fingerprint density at radius 1 is 1.27 bits per heavy atom. The number of sulfonamides is 1. The number of hydrogen-bond donors (Lipinski definition) is 1. The van der Waals surface area contributed by atoms with E-state index in [0.29, 0.717) is 41.0 Å². The number of rotatable bonds is 4. The lowest BCUT2D eigenvalue weighted by Gasteiger charge is -2.28. The first kappa shape index (κ1) is 21.3. The van der Waals surface area contributed by atoms with E-state index in [1.165, 1.54) is 12.1 Å². The van der Waals surface area contributed by atoms with Gasteiger partial charge in [-0.05, 0) is 50.1 Å². The molecule has 3 saturated heterocycles. The number of aromatic nitrogens is 2. The van der Waals surface area contributed by atoms with Crippen LogP contribution in [0.15, 0.2) is 41.3 Å². The zero-order valence-electron chi connectivity index (χ0n) is 17.7. The van der Waals surface area contributed by atoms with Gasteiger partial charge < -0.3 is 9.64 Å². The van der Waals surface area contributed by atoms with E-state index in [1.807, 2.05) is 4.90 Å². The Morgan fingerprint density at radius 3 is 2.94 bits per heavy atom. The zero-order chi connectivity index (χ0) is 23.0. The third kappa shape index (κ3) is 3.34. The van der Waals surface area contributed by atoms with Gasteiger partial charge >= 0.3 is 0 Å². The highest BCUT2D eigenvalue weighted by atomic mass is 35.5. The summed E-state index contributed by atoms with van der Waals surface area (Å²) in [5, 5.41) is 0.329. The molecule has 4 atom stereocenters. The van der Waals surface area contributed by atoms with Crippen LogP contribution in [-0.2, 0) is 14.8 Å². The molecule has 3 aromatic rings. The van der Waals surface area contributed by atoms with Crippen molar-refractivity contribution in [1.82, 2.24) is 13.6 Å². The molecular formula is C22H21ClN4O4S2. The minimum absolute atomic E-state index is 0.00415. The van der Waals surface area contributed by atoms with E-state index in [-0.39, 0.29) is 33.8 Å². The zero-order valence-corrected chi connectivity index (χ0v) is 20.1. The summed E-state index contributed by atoms with van der Waals surface area (Å²) < 4.78 is 43.5. The van der Waals surface area contributed by atoms with Gasteiger partial charge in [0.15, 0.2) is 0 Å². The van der Waals surface area contributed by atoms with Crippen LogP contribution in [0.4, 0.5) is 5.69 Å². The highest BCUT2D eigenvalue weighted by Gasteiger charge is 2.60. The predicted molar refractivity (Wildman–Crippen MR) is 125 cm³/mol. The number of carbonyl (C=O) groups is 1. The number of carbonyl (C=O) groups excluding carboxylic acids is 1. The van der Waals surface area contributed by atoms with Crippen molar-refractivity contribution >= 4 is 56.0 Å². The Bertz CT molecular complexity index is 1390. The molecule has 3 aliphatic rings. The van der Waals surface area contributed by atoms with Crippen molar-refractivity contribution in [2.24, 2.45) is 11.8 Å². The molecule has 0 spiro atoms. The molecule has 33 heavy (non-hydrogen) atoms. The lowest BCUT2D eigenvalue weighted by Crippen LogP contribution is -2.36. The number of benzene rings is 2. The van der Waals surface area contributed by atoms with Gasteiger partial charge in [0.2, 0.25) is 0 Å². The van der Waals surface area contributed by atoms with Crippen LogP contribution in [0.2, 0.25) is 5.02 Å². The minimum atomic E-state index is -4.03. The Labute approximate surface area is 200 Å². The third-order valence-corrected chi connectivity index (χ3v) is 9.43. The number of halogens is 1. The highest BCUT2D eigenvalue weighted by molar-refractivity contribution is 7.93. The van der Waals surface area contributed by atoms with Crippen LogP contribution in [0.3, 0.4) is 0 Å². The molecule has 1 aromatic heterocycles. The fourth-order valence-corrected chi connectivity index (χ4v) is 7.65. The van der Waals surface area contributed by atoms with Gasteiger partial charge in [0, 0.05) is 29.9 Å². The Kier molecular flexibility index (Phi) is 4.75. The van der Waals surface area contributed by atoms with Gasteiger partial charge in [-0.3, -0.25) is 9.52 Å². The van der Waals surface area contributed by atoms with E-state index in [4.69, 9.17) is 16.3 Å². The summed E-state index contributed by atoms with van der Waals surface area (Å²) in [7, 11) is -4.03. The number of hydrogen-bond acceptors (Lipinski definition) is 7. The number of nitrogens with zero attached hydrogens (tertiary/aromatic N) is 3. The van der Waals surface area contributed by atoms with Crippen molar-refractivity contribution in [3.8, 4) is 0 Å². The fraction of sp³-hybridized carbons (Fsp3) is 0.409. The first-order valence-electron chi connectivity index (χ1n) is 10.8. The van der Waals surface area contributed by atoms with Gasteiger partial charge in [0.05, 0.1) is 34.7 Å². The first-order valence-corrected chi connectivity index (χ1v) is 13.4. The molecule has 6 rings (SSSR count). The Hall–Kier alpha value is -2.27. The van der Waals surface area contributed by atoms with Gasteiger partial charge in [-0.1, -0.05) is 17.7 Å². The molecule has 4 heterocycles. The maximum Gasteiger partial charge on any atom is 0.264 e. The van der Waals surface area contributed by atoms with E-state index in [0.717, 1.165) is 24.6 Å². The summed E-state index contributed by atoms with van der Waals surface area (Å²) in [6.07, 6.45) is 2.25. The molecule has 8 nitrogen and oxygen atoms in total. The van der Waals surface area contributed by atoms with Gasteiger partial charge in [0.25, 0.3) is 15.9 Å². The second-order valence-electron chi connectivity index (χ2n) is 9.17. The lowest BCUT2D eigenvalue weighted by atomic mass is 9.75. The maximum absolute atomic E-state index is 13.5. The topological polar surface area (TPSA) is 101 Å². The van der Waals surface area contributed by atoms with E-state index >= 15 is 0 Å². The van der Waals surface area contributed by atoms with Crippen LogP contribution in [0.1, 0.15) is 30.1 Å². The first-order chi connectivity index (χ1) is 15.7. The van der Waals surface area contributed by atoms with Crippen LogP contribution >= 0.6 is 23.3 Å². The fourth-order valence-electron chi connectivity index (χ4n) is 5.64. The number of fused-ring (bicyclic) bond motifs is 6. The Balaban J connectivity index is 1.32. The molecule has 2 bridgehead atoms. The highest BCUT2D eigenvalue weighted by Crippen LogP contribution is 2.54. The Morgan fingerprint density at radius 2 is 2.12 bits per heavy atom. The standard InChI is InChI=1S/C22H21ClN4O4S2/c1-22-8-7-18(31-22)14-10-27(11-15(14)22)21(28)13-6-5-12(23)9-17(13)26-33(29,30)19-4-2-3-16-20(19)25-32-24-16/h2-6,9,14-15,18,26H,7-8,10-11H2,1H3. The van der Waals surface area contributed by atoms with E-state index in [1.54, 1.807) is 24.3 Å². The lowest BCUT2D eigenvalue weighted by molar-refractivity contribution is -0.00214. The molecule has 0 saturated carbocycles. The molecule has 1 N–H and O–H groups in total. The predicted octanol–water partition coefficient (Wildman–Crippen LogP) is 3.79. The van der Waals surface area contributed by atoms with E-state index in [2.05, 4.69) is 20.4 Å². The van der Waals surface area contributed by atoms with Crippen LogP contribution in [0.25, 0.3) is 11.0 Å². The molecule has 2 aromatic carbocycles. The molecule has 3 fully saturated rings. The molecule has 11 heteroatoms. The minimum Gasteiger partial charge on any atom is -0.371 e. The summed E-state index contributed by atoms with van der Waals surface area (Å²) >= 11 is 7.12. The van der Waals surface area contributed by atoms with Crippen LogP contribution < -0.4 is 4.72 Å². The smallest absolute Gasteiger partial charge is 0.264 e. The number of anilines is 1. The average molecular weight is 505 g/mol. The number of ether oxygens (including phenoxy) is 1. The summed E-state index contributed by atoms with van der Waals surface area (Å²) in [6.45, 7) is 3.36. The van der Waals surface area contributed by atoms with Crippen molar-refractivity contribution < 1.29 is 17.9 Å². The number of likely N-dealkylation sites (tertiary alicyclic amines) is 1. The number of amides is 1. The molecule has 3 aliphatic heterocycles. The molecule has 172 valence electrons. The van der Waals surface area contributed by atoms with Crippen molar-refractivity contribution in [2.45, 2.75) is 36.4 Å². The SMILES string of the molecule is CC12CCC(O1)C1CN(C(=O)c3ccc(Cl)cc3NS(=O)(=O)c3cccc4nsnc34)CC12. The molecule has 4 unspecified atom stereocenters. The molecule has 1 amide bonds. The van der Waals surface area contributed by atoms with Crippen molar-refractivity contribution in [3.63, 3.8) is 0 Å². The van der Waals surface area contributed by atoms with Gasteiger partial charge in [0.1, 0.15) is 15.9 Å². The quantitative estimate of drug-likeness (QED) is 0.580. The molecular weight excluding hydrogens is 484 g/mol. The molecule has 0 aliphatic carbocycles. The van der Waals surface area contributed by atoms with Crippen LogP contribution in [0.5, 0.6) is 0 Å². The second-order valence-corrected chi connectivity index (χ2v) is 11.8. The molecule has 0 radical (unpaired) electrons. The maximum atomic E-state index is 13.5. The monoisotopic (exact) mass is 504 g/mol. The van der Waals surface area contributed by atoms with Gasteiger partial charge in [-0.2, -0.15) is 8.75 Å². The summed E-state index contributed by atoms with van der Waals surface area (Å²) in [5.41, 5.74) is 1.04. The van der Waals surface area contributed by atoms with E-state index in [9.17, 15) is 13.2 Å². The van der Waals surface area contributed by atoms with Crippen LogP contribution in [-0.4, -0.2) is 52.8 Å².